The molecule has 0 aliphatic heterocycles. The van der Waals surface area contributed by atoms with Crippen LogP contribution in [-0.4, -0.2) is 4.98 Å². The van der Waals surface area contributed by atoms with Gasteiger partial charge in [0.1, 0.15) is 11.0 Å². The lowest BCUT2D eigenvalue weighted by atomic mass is 10.2. The van der Waals surface area contributed by atoms with Gasteiger partial charge in [-0.1, -0.05) is 29.3 Å². The maximum absolute atomic E-state index is 13.2. The average Bonchev–Trinajstić information content (AvgIpc) is 2.02. The van der Waals surface area contributed by atoms with Gasteiger partial charge in [0, 0.05) is 0 Å². The minimum Gasteiger partial charge on any atom is -0.236 e. The van der Waals surface area contributed by atoms with Crippen molar-refractivity contribution >= 4 is 34.1 Å². The van der Waals surface area contributed by atoms with Crippen molar-refractivity contribution in [2.75, 3.05) is 0 Å². The van der Waals surface area contributed by atoms with Crippen molar-refractivity contribution in [2.24, 2.45) is 0 Å². The molecule has 1 nitrogen and oxygen atoms in total. The van der Waals surface area contributed by atoms with Gasteiger partial charge in [-0.2, -0.15) is 0 Å². The van der Waals surface area contributed by atoms with Crippen LogP contribution in [0.1, 0.15) is 0 Å². The van der Waals surface area contributed by atoms with Gasteiger partial charge in [0.2, 0.25) is 0 Å². The molecule has 1 aromatic heterocycles. The third-order valence-electron chi connectivity index (χ3n) is 1.70. The first kappa shape index (κ1) is 8.73. The van der Waals surface area contributed by atoms with Crippen molar-refractivity contribution in [1.29, 1.82) is 0 Å². The number of hydrogen-bond donors (Lipinski definition) is 0. The Bertz CT molecular complexity index is 470. The topological polar surface area (TPSA) is 12.9 Å². The molecule has 0 radical (unpaired) electrons. The quantitative estimate of drug-likeness (QED) is 0.612. The summed E-state index contributed by atoms with van der Waals surface area (Å²) in [5, 5.41) is 0.866. The lowest BCUT2D eigenvalue weighted by Crippen LogP contribution is -1.84. The second-order valence-corrected chi connectivity index (χ2v) is 3.36. The van der Waals surface area contributed by atoms with E-state index in [4.69, 9.17) is 23.2 Å². The molecule has 1 aromatic carbocycles. The van der Waals surface area contributed by atoms with Crippen LogP contribution in [0, 0.1) is 5.82 Å². The molecule has 4 heteroatoms. The van der Waals surface area contributed by atoms with E-state index in [-0.39, 0.29) is 16.0 Å². The van der Waals surface area contributed by atoms with Crippen molar-refractivity contribution in [3.63, 3.8) is 0 Å². The van der Waals surface area contributed by atoms with Crippen LogP contribution in [0.4, 0.5) is 4.39 Å². The summed E-state index contributed by atoms with van der Waals surface area (Å²) in [7, 11) is 0. The molecule has 0 saturated heterocycles. The third-order valence-corrected chi connectivity index (χ3v) is 2.20. The monoisotopic (exact) mass is 215 g/mol. The summed E-state index contributed by atoms with van der Waals surface area (Å²) in [6.45, 7) is 0. The summed E-state index contributed by atoms with van der Waals surface area (Å²) < 4.78 is 13.2. The first-order valence-corrected chi connectivity index (χ1v) is 4.34. The van der Waals surface area contributed by atoms with E-state index in [9.17, 15) is 4.39 Å². The maximum Gasteiger partial charge on any atom is 0.134 e. The molecule has 0 aliphatic carbocycles. The molecule has 0 amide bonds. The van der Waals surface area contributed by atoms with Crippen molar-refractivity contribution in [3.05, 3.63) is 40.3 Å². The van der Waals surface area contributed by atoms with Crippen molar-refractivity contribution in [1.82, 2.24) is 4.98 Å². The molecular weight excluding hydrogens is 212 g/mol. The van der Waals surface area contributed by atoms with Gasteiger partial charge in [0.05, 0.1) is 15.9 Å². The largest absolute Gasteiger partial charge is 0.236 e. The summed E-state index contributed by atoms with van der Waals surface area (Å²) in [6.07, 6.45) is 0. The van der Waals surface area contributed by atoms with E-state index in [0.717, 1.165) is 0 Å². The van der Waals surface area contributed by atoms with Crippen molar-refractivity contribution in [3.8, 4) is 0 Å². The lowest BCUT2D eigenvalue weighted by molar-refractivity contribution is 0.639. The molecule has 0 N–H and O–H groups in total. The molecule has 0 aliphatic rings. The van der Waals surface area contributed by atoms with E-state index in [1.807, 2.05) is 0 Å². The van der Waals surface area contributed by atoms with E-state index in [0.29, 0.717) is 10.9 Å². The summed E-state index contributed by atoms with van der Waals surface area (Å²) >= 11 is 11.5. The third kappa shape index (κ3) is 1.47. The van der Waals surface area contributed by atoms with E-state index >= 15 is 0 Å². The van der Waals surface area contributed by atoms with Crippen LogP contribution in [0.3, 0.4) is 0 Å². The number of halogens is 3. The van der Waals surface area contributed by atoms with Crippen LogP contribution in [0.5, 0.6) is 0 Å². The Morgan fingerprint density at radius 2 is 2.00 bits per heavy atom. The molecule has 0 atom stereocenters. The van der Waals surface area contributed by atoms with Gasteiger partial charge in [-0.15, -0.1) is 0 Å². The maximum atomic E-state index is 13.2. The zero-order valence-corrected chi connectivity index (χ0v) is 7.90. The molecule has 2 rings (SSSR count). The van der Waals surface area contributed by atoms with Crippen molar-refractivity contribution in [2.45, 2.75) is 0 Å². The van der Waals surface area contributed by atoms with Crippen LogP contribution in [0.2, 0.25) is 10.2 Å². The molecule has 1 heterocycles. The fraction of sp³-hybridized carbons (Fsp3) is 0. The van der Waals surface area contributed by atoms with Gasteiger partial charge in [-0.3, -0.25) is 0 Å². The zero-order valence-electron chi connectivity index (χ0n) is 6.39. The molecule has 2 aromatic rings. The number of hydrogen-bond acceptors (Lipinski definition) is 1. The highest BCUT2D eigenvalue weighted by Gasteiger charge is 2.06. The predicted octanol–water partition coefficient (Wildman–Crippen LogP) is 3.68. The Balaban J connectivity index is 2.94. The Kier molecular flexibility index (Phi) is 2.10. The van der Waals surface area contributed by atoms with Crippen LogP contribution >= 0.6 is 23.2 Å². The van der Waals surface area contributed by atoms with Crippen LogP contribution in [-0.2, 0) is 0 Å². The Labute approximate surface area is 84.1 Å². The van der Waals surface area contributed by atoms with Crippen LogP contribution < -0.4 is 0 Å². The second kappa shape index (κ2) is 3.13. The SMILES string of the molecule is Fc1cccc2nc(Cl)cc(Cl)c12. The summed E-state index contributed by atoms with van der Waals surface area (Å²) in [6, 6.07) is 5.99. The molecule has 13 heavy (non-hydrogen) atoms. The smallest absolute Gasteiger partial charge is 0.134 e. The molecular formula is C9H4Cl2FN. The van der Waals surface area contributed by atoms with Gasteiger partial charge in [-0.05, 0) is 18.2 Å². The summed E-state index contributed by atoms with van der Waals surface area (Å²) in [5.74, 6) is -0.383. The second-order valence-electron chi connectivity index (χ2n) is 2.56. The highest BCUT2D eigenvalue weighted by atomic mass is 35.5. The number of pyridine rings is 1. The Morgan fingerprint density at radius 3 is 2.77 bits per heavy atom. The molecule has 66 valence electrons. The van der Waals surface area contributed by atoms with E-state index in [2.05, 4.69) is 4.98 Å². The highest BCUT2D eigenvalue weighted by Crippen LogP contribution is 2.26. The van der Waals surface area contributed by atoms with Gasteiger partial charge < -0.3 is 0 Å². The highest BCUT2D eigenvalue weighted by molar-refractivity contribution is 6.37. The van der Waals surface area contributed by atoms with Gasteiger partial charge in [0.25, 0.3) is 0 Å². The number of nitrogens with zero attached hydrogens (tertiary/aromatic N) is 1. The fourth-order valence-corrected chi connectivity index (χ4v) is 1.71. The zero-order chi connectivity index (χ0) is 9.42. The normalized spacial score (nSPS) is 10.7. The average molecular weight is 216 g/mol. The molecule has 0 spiro atoms. The molecule has 0 unspecified atom stereocenters. The van der Waals surface area contributed by atoms with Crippen molar-refractivity contribution < 1.29 is 4.39 Å². The van der Waals surface area contributed by atoms with Gasteiger partial charge >= 0.3 is 0 Å². The Hall–Kier alpha value is -0.860. The lowest BCUT2D eigenvalue weighted by Gasteiger charge is -2.01. The number of aromatic nitrogens is 1. The predicted molar refractivity (Wildman–Crippen MR) is 51.7 cm³/mol. The van der Waals surface area contributed by atoms with Gasteiger partial charge in [-0.25, -0.2) is 9.37 Å². The Morgan fingerprint density at radius 1 is 1.23 bits per heavy atom. The minimum atomic E-state index is -0.383. The van der Waals surface area contributed by atoms with E-state index in [1.54, 1.807) is 12.1 Å². The molecule has 0 bridgehead atoms. The number of fused-ring (bicyclic) bond motifs is 1. The number of benzene rings is 1. The fourth-order valence-electron chi connectivity index (χ4n) is 1.17. The first-order valence-electron chi connectivity index (χ1n) is 3.59. The van der Waals surface area contributed by atoms with Crippen LogP contribution in [0.15, 0.2) is 24.3 Å². The van der Waals surface area contributed by atoms with Gasteiger partial charge in [0.15, 0.2) is 0 Å². The standard InChI is InChI=1S/C9H4Cl2FN/c10-5-4-8(11)13-7-3-1-2-6(12)9(5)7/h1-4H. The molecule has 0 saturated carbocycles. The first-order chi connectivity index (χ1) is 6.18. The minimum absolute atomic E-state index is 0.267. The summed E-state index contributed by atoms with van der Waals surface area (Å²) in [5.41, 5.74) is 0.470. The van der Waals surface area contributed by atoms with Crippen LogP contribution in [0.25, 0.3) is 10.9 Å². The van der Waals surface area contributed by atoms with E-state index < -0.39 is 0 Å². The van der Waals surface area contributed by atoms with E-state index in [1.165, 1.54) is 12.1 Å². The summed E-state index contributed by atoms with van der Waals surface area (Å²) in [4.78, 5) is 3.94. The number of rotatable bonds is 0. The molecule has 0 fully saturated rings.